The Labute approximate surface area is 77.4 Å². The summed E-state index contributed by atoms with van der Waals surface area (Å²) in [5.74, 6) is 1.24. The summed E-state index contributed by atoms with van der Waals surface area (Å²) in [5.41, 5.74) is 4.15. The van der Waals surface area contributed by atoms with E-state index < -0.39 is 0 Å². The normalized spacial score (nSPS) is 13.7. The zero-order chi connectivity index (χ0) is 9.89. The van der Waals surface area contributed by atoms with Crippen molar-refractivity contribution in [1.29, 1.82) is 0 Å². The van der Waals surface area contributed by atoms with Crippen molar-refractivity contribution in [3.05, 3.63) is 23.3 Å². The van der Waals surface area contributed by atoms with Crippen molar-refractivity contribution in [2.75, 3.05) is 0 Å². The van der Waals surface area contributed by atoms with Crippen LogP contribution in [-0.4, -0.2) is 0 Å². The molecule has 0 aliphatic heterocycles. The molecule has 0 aromatic carbocycles. The summed E-state index contributed by atoms with van der Waals surface area (Å²) in [6.45, 7) is 17.3. The van der Waals surface area contributed by atoms with Crippen molar-refractivity contribution in [2.24, 2.45) is 11.8 Å². The largest absolute Gasteiger partial charge is 0.0958 e. The van der Waals surface area contributed by atoms with E-state index in [-0.39, 0.29) is 0 Å². The molecule has 0 aliphatic carbocycles. The van der Waals surface area contributed by atoms with Gasteiger partial charge in [0, 0.05) is 0 Å². The lowest BCUT2D eigenvalue weighted by Gasteiger charge is -2.18. The SMILES string of the molecule is C=C(C)/C(=C(\C)C(C)C)C(C)C. The fraction of sp³-hybridized carbons (Fsp3) is 0.667. The third-order valence-electron chi connectivity index (χ3n) is 2.33. The molecule has 0 nitrogen and oxygen atoms in total. The highest BCUT2D eigenvalue weighted by molar-refractivity contribution is 5.33. The van der Waals surface area contributed by atoms with Gasteiger partial charge in [-0.05, 0) is 31.3 Å². The predicted molar refractivity (Wildman–Crippen MR) is 57.2 cm³/mol. The molecule has 0 saturated heterocycles. The van der Waals surface area contributed by atoms with Gasteiger partial charge in [-0.15, -0.1) is 0 Å². The number of hydrogen-bond acceptors (Lipinski definition) is 0. The summed E-state index contributed by atoms with van der Waals surface area (Å²) in [7, 11) is 0. The summed E-state index contributed by atoms with van der Waals surface area (Å²) in [6, 6.07) is 0. The summed E-state index contributed by atoms with van der Waals surface area (Å²) in [6.07, 6.45) is 0. The van der Waals surface area contributed by atoms with E-state index in [0.717, 1.165) is 0 Å². The van der Waals surface area contributed by atoms with E-state index in [4.69, 9.17) is 0 Å². The van der Waals surface area contributed by atoms with E-state index in [0.29, 0.717) is 11.8 Å². The van der Waals surface area contributed by atoms with Crippen molar-refractivity contribution in [2.45, 2.75) is 41.5 Å². The molecule has 0 amide bonds. The highest BCUT2D eigenvalue weighted by Crippen LogP contribution is 2.25. The Hall–Kier alpha value is -0.520. The molecule has 0 unspecified atom stereocenters. The topological polar surface area (TPSA) is 0 Å². The first kappa shape index (κ1) is 11.5. The Morgan fingerprint density at radius 2 is 1.33 bits per heavy atom. The van der Waals surface area contributed by atoms with Crippen LogP contribution in [0, 0.1) is 11.8 Å². The van der Waals surface area contributed by atoms with E-state index in [2.05, 4.69) is 48.1 Å². The van der Waals surface area contributed by atoms with E-state index >= 15 is 0 Å². The Bertz CT molecular complexity index is 192. The van der Waals surface area contributed by atoms with Crippen molar-refractivity contribution in [3.63, 3.8) is 0 Å². The Morgan fingerprint density at radius 1 is 0.917 bits per heavy atom. The van der Waals surface area contributed by atoms with Crippen molar-refractivity contribution < 1.29 is 0 Å². The molecular weight excluding hydrogens is 144 g/mol. The summed E-state index contributed by atoms with van der Waals surface area (Å²) >= 11 is 0. The standard InChI is InChI=1S/C12H22/c1-8(2)11(7)12(9(3)4)10(5)6/h8,10H,3H2,1-2,4-7H3/b12-11-. The van der Waals surface area contributed by atoms with Crippen LogP contribution >= 0.6 is 0 Å². The number of allylic oxidation sites excluding steroid dienone is 3. The monoisotopic (exact) mass is 166 g/mol. The maximum atomic E-state index is 4.02. The van der Waals surface area contributed by atoms with E-state index in [1.807, 2.05) is 0 Å². The first-order valence-electron chi connectivity index (χ1n) is 4.74. The summed E-state index contributed by atoms with van der Waals surface area (Å²) in [4.78, 5) is 0. The Kier molecular flexibility index (Phi) is 4.30. The fourth-order valence-electron chi connectivity index (χ4n) is 1.60. The van der Waals surface area contributed by atoms with Crippen molar-refractivity contribution in [3.8, 4) is 0 Å². The Morgan fingerprint density at radius 3 is 1.42 bits per heavy atom. The maximum absolute atomic E-state index is 4.02. The molecular formula is C12H22. The molecule has 0 radical (unpaired) electrons. The molecule has 0 heterocycles. The molecule has 0 atom stereocenters. The summed E-state index contributed by atoms with van der Waals surface area (Å²) < 4.78 is 0. The minimum absolute atomic E-state index is 0.602. The molecule has 0 rings (SSSR count). The van der Waals surface area contributed by atoms with Crippen LogP contribution in [0.1, 0.15) is 41.5 Å². The van der Waals surface area contributed by atoms with Crippen LogP contribution in [-0.2, 0) is 0 Å². The molecule has 0 aromatic rings. The third-order valence-corrected chi connectivity index (χ3v) is 2.33. The van der Waals surface area contributed by atoms with Gasteiger partial charge in [0.1, 0.15) is 0 Å². The maximum Gasteiger partial charge on any atom is -0.0217 e. The van der Waals surface area contributed by atoms with Crippen molar-refractivity contribution in [1.82, 2.24) is 0 Å². The molecule has 0 aromatic heterocycles. The average Bonchev–Trinajstić information content (AvgIpc) is 1.85. The molecule has 0 bridgehead atoms. The highest BCUT2D eigenvalue weighted by atomic mass is 14.2. The second-order valence-corrected chi connectivity index (χ2v) is 4.19. The van der Waals surface area contributed by atoms with E-state index in [9.17, 15) is 0 Å². The van der Waals surface area contributed by atoms with Gasteiger partial charge in [0.2, 0.25) is 0 Å². The van der Waals surface area contributed by atoms with E-state index in [1.54, 1.807) is 0 Å². The molecule has 0 spiro atoms. The van der Waals surface area contributed by atoms with Gasteiger partial charge in [-0.25, -0.2) is 0 Å². The molecule has 0 saturated carbocycles. The summed E-state index contributed by atoms with van der Waals surface area (Å²) in [5, 5.41) is 0. The fourth-order valence-corrected chi connectivity index (χ4v) is 1.60. The first-order chi connectivity index (χ1) is 5.37. The van der Waals surface area contributed by atoms with Crippen LogP contribution in [0.5, 0.6) is 0 Å². The van der Waals surface area contributed by atoms with Gasteiger partial charge < -0.3 is 0 Å². The van der Waals surface area contributed by atoms with Crippen molar-refractivity contribution >= 4 is 0 Å². The smallest absolute Gasteiger partial charge is 0.0217 e. The minimum atomic E-state index is 0.602. The van der Waals surface area contributed by atoms with Crippen LogP contribution in [0.4, 0.5) is 0 Å². The predicted octanol–water partition coefficient (Wildman–Crippen LogP) is 4.19. The number of rotatable bonds is 3. The van der Waals surface area contributed by atoms with E-state index in [1.165, 1.54) is 16.7 Å². The number of hydrogen-bond donors (Lipinski definition) is 0. The van der Waals surface area contributed by atoms with Gasteiger partial charge >= 0.3 is 0 Å². The zero-order valence-electron chi connectivity index (χ0n) is 9.36. The minimum Gasteiger partial charge on any atom is -0.0958 e. The molecule has 70 valence electrons. The zero-order valence-corrected chi connectivity index (χ0v) is 9.36. The van der Waals surface area contributed by atoms with Gasteiger partial charge in [-0.3, -0.25) is 0 Å². The van der Waals surface area contributed by atoms with Crippen LogP contribution < -0.4 is 0 Å². The lowest BCUT2D eigenvalue weighted by molar-refractivity contribution is 0.698. The molecule has 0 heteroatoms. The van der Waals surface area contributed by atoms with Gasteiger partial charge in [0.25, 0.3) is 0 Å². The third kappa shape index (κ3) is 2.84. The Balaban J connectivity index is 4.94. The molecule has 0 N–H and O–H groups in total. The van der Waals surface area contributed by atoms with Crippen LogP contribution in [0.15, 0.2) is 23.3 Å². The lowest BCUT2D eigenvalue weighted by atomic mass is 9.88. The van der Waals surface area contributed by atoms with Crippen LogP contribution in [0.3, 0.4) is 0 Å². The molecule has 0 aliphatic rings. The van der Waals surface area contributed by atoms with Crippen LogP contribution in [0.25, 0.3) is 0 Å². The van der Waals surface area contributed by atoms with Gasteiger partial charge in [-0.2, -0.15) is 0 Å². The average molecular weight is 166 g/mol. The lowest BCUT2D eigenvalue weighted by Crippen LogP contribution is -2.03. The first-order valence-corrected chi connectivity index (χ1v) is 4.74. The highest BCUT2D eigenvalue weighted by Gasteiger charge is 2.10. The quantitative estimate of drug-likeness (QED) is 0.551. The second kappa shape index (κ2) is 4.49. The van der Waals surface area contributed by atoms with Gasteiger partial charge in [0.05, 0.1) is 0 Å². The molecule has 0 fully saturated rings. The molecule has 12 heavy (non-hydrogen) atoms. The van der Waals surface area contributed by atoms with Gasteiger partial charge in [0.15, 0.2) is 0 Å². The van der Waals surface area contributed by atoms with Gasteiger partial charge in [-0.1, -0.05) is 45.4 Å². The van der Waals surface area contributed by atoms with Crippen LogP contribution in [0.2, 0.25) is 0 Å². The second-order valence-electron chi connectivity index (χ2n) is 4.19.